The molecule has 1 aliphatic heterocycles. The van der Waals surface area contributed by atoms with Crippen molar-refractivity contribution in [3.05, 3.63) is 82.3 Å². The number of halogens is 2. The van der Waals surface area contributed by atoms with Crippen LogP contribution in [-0.2, 0) is 6.54 Å². The lowest BCUT2D eigenvalue weighted by molar-refractivity contribution is 0.102. The summed E-state index contributed by atoms with van der Waals surface area (Å²) in [5, 5.41) is 7.37. The van der Waals surface area contributed by atoms with Crippen molar-refractivity contribution in [1.82, 2.24) is 15.2 Å². The Morgan fingerprint density at radius 2 is 1.82 bits per heavy atom. The van der Waals surface area contributed by atoms with Gasteiger partial charge in [0.2, 0.25) is 0 Å². The van der Waals surface area contributed by atoms with Gasteiger partial charge in [-0.05, 0) is 57.9 Å². The number of carbonyl (C=O) groups is 1. The van der Waals surface area contributed by atoms with E-state index < -0.39 is 0 Å². The van der Waals surface area contributed by atoms with Crippen LogP contribution in [-0.4, -0.2) is 42.0 Å². The van der Waals surface area contributed by atoms with Crippen molar-refractivity contribution in [3.63, 3.8) is 0 Å². The first kappa shape index (κ1) is 23.9. The van der Waals surface area contributed by atoms with Gasteiger partial charge in [0.25, 0.3) is 5.91 Å². The van der Waals surface area contributed by atoms with Crippen LogP contribution in [0.2, 0.25) is 0 Å². The number of hydrogen-bond acceptors (Lipinski definition) is 5. The van der Waals surface area contributed by atoms with Crippen LogP contribution >= 0.6 is 39.7 Å². The number of hydrogen-bond donors (Lipinski definition) is 2. The van der Waals surface area contributed by atoms with Gasteiger partial charge in [0, 0.05) is 42.8 Å². The third-order valence-corrected chi connectivity index (χ3v) is 7.34. The Labute approximate surface area is 211 Å². The summed E-state index contributed by atoms with van der Waals surface area (Å²) in [4.78, 5) is 20.2. The molecule has 1 aliphatic rings. The summed E-state index contributed by atoms with van der Waals surface area (Å²) >= 11 is 5.13. The molecule has 0 aliphatic carbocycles. The molecule has 1 aromatic heterocycles. The average molecular weight is 544 g/mol. The number of fused-ring (bicyclic) bond motifs is 1. The summed E-state index contributed by atoms with van der Waals surface area (Å²) in [5.74, 6) is -0.149. The topological polar surface area (TPSA) is 57.3 Å². The lowest BCUT2D eigenvalue weighted by Gasteiger charge is -2.27. The summed E-state index contributed by atoms with van der Waals surface area (Å²) in [7, 11) is 0. The average Bonchev–Trinajstić information content (AvgIpc) is 3.23. The van der Waals surface area contributed by atoms with Gasteiger partial charge in [-0.15, -0.1) is 23.7 Å². The Morgan fingerprint density at radius 1 is 1.06 bits per heavy atom. The number of anilines is 1. The van der Waals surface area contributed by atoms with Crippen molar-refractivity contribution in [2.45, 2.75) is 6.54 Å². The van der Waals surface area contributed by atoms with E-state index in [0.29, 0.717) is 5.56 Å². The van der Waals surface area contributed by atoms with Gasteiger partial charge >= 0.3 is 0 Å². The summed E-state index contributed by atoms with van der Waals surface area (Å²) in [6.45, 7) is 5.22. The molecule has 2 N–H and O–H groups in total. The molecule has 0 saturated carbocycles. The van der Waals surface area contributed by atoms with Gasteiger partial charge in [0.1, 0.15) is 5.01 Å². The van der Waals surface area contributed by atoms with Gasteiger partial charge in [0.15, 0.2) is 0 Å². The molecule has 5 rings (SSSR count). The fraction of sp³-hybridized carbons (Fsp3) is 0.200. The Balaban J connectivity index is 0.00000259. The van der Waals surface area contributed by atoms with Crippen LogP contribution in [0, 0.1) is 0 Å². The van der Waals surface area contributed by atoms with Gasteiger partial charge in [-0.25, -0.2) is 4.98 Å². The molecule has 0 bridgehead atoms. The zero-order chi connectivity index (χ0) is 21.9. The molecule has 8 heteroatoms. The largest absolute Gasteiger partial charge is 0.321 e. The maximum atomic E-state index is 12.9. The Hall–Kier alpha value is -2.29. The minimum absolute atomic E-state index is 0. The summed E-state index contributed by atoms with van der Waals surface area (Å²) < 4.78 is 1.94. The van der Waals surface area contributed by atoms with E-state index in [1.165, 1.54) is 10.3 Å². The molecular weight excluding hydrogens is 520 g/mol. The first-order chi connectivity index (χ1) is 15.7. The fourth-order valence-corrected chi connectivity index (χ4v) is 5.46. The minimum atomic E-state index is -0.149. The van der Waals surface area contributed by atoms with Gasteiger partial charge in [-0.2, -0.15) is 0 Å². The Bertz CT molecular complexity index is 1270. The van der Waals surface area contributed by atoms with E-state index in [1.54, 1.807) is 17.4 Å². The molecule has 170 valence electrons. The highest BCUT2D eigenvalue weighted by atomic mass is 79.9. The van der Waals surface area contributed by atoms with Gasteiger partial charge in [-0.1, -0.05) is 30.3 Å². The van der Waals surface area contributed by atoms with Crippen LogP contribution < -0.4 is 10.6 Å². The predicted molar refractivity (Wildman–Crippen MR) is 143 cm³/mol. The van der Waals surface area contributed by atoms with Gasteiger partial charge < -0.3 is 10.6 Å². The Morgan fingerprint density at radius 3 is 2.64 bits per heavy atom. The van der Waals surface area contributed by atoms with Crippen molar-refractivity contribution in [1.29, 1.82) is 0 Å². The highest BCUT2D eigenvalue weighted by Gasteiger charge is 2.16. The molecule has 0 atom stereocenters. The second kappa shape index (κ2) is 10.8. The number of amides is 1. The van der Waals surface area contributed by atoms with E-state index in [0.717, 1.165) is 59.0 Å². The minimum Gasteiger partial charge on any atom is -0.321 e. The number of nitrogens with zero attached hydrogens (tertiary/aromatic N) is 2. The van der Waals surface area contributed by atoms with Gasteiger partial charge in [0.05, 0.1) is 21.5 Å². The van der Waals surface area contributed by atoms with E-state index in [2.05, 4.69) is 49.7 Å². The summed E-state index contributed by atoms with van der Waals surface area (Å²) in [6.07, 6.45) is 0. The van der Waals surface area contributed by atoms with Crippen molar-refractivity contribution in [2.24, 2.45) is 0 Å². The molecule has 1 fully saturated rings. The lowest BCUT2D eigenvalue weighted by atomic mass is 10.1. The second-order valence-electron chi connectivity index (χ2n) is 7.83. The molecular formula is C25H24BrClN4OS. The zero-order valence-electron chi connectivity index (χ0n) is 17.9. The van der Waals surface area contributed by atoms with Crippen molar-refractivity contribution in [2.75, 3.05) is 31.5 Å². The zero-order valence-corrected chi connectivity index (χ0v) is 21.1. The molecule has 5 nitrogen and oxygen atoms in total. The summed E-state index contributed by atoms with van der Waals surface area (Å²) in [5.41, 5.74) is 4.58. The normalized spacial score (nSPS) is 14.1. The lowest BCUT2D eigenvalue weighted by Crippen LogP contribution is -2.42. The Kier molecular flexibility index (Phi) is 7.78. The molecule has 1 saturated heterocycles. The number of nitrogens with one attached hydrogen (secondary N) is 2. The molecule has 4 aromatic rings. The molecule has 0 spiro atoms. The number of para-hydroxylation sites is 1. The van der Waals surface area contributed by atoms with E-state index in [-0.39, 0.29) is 18.3 Å². The number of thiazole rings is 1. The monoisotopic (exact) mass is 542 g/mol. The van der Waals surface area contributed by atoms with Crippen molar-refractivity contribution < 1.29 is 4.79 Å². The molecule has 2 heterocycles. The van der Waals surface area contributed by atoms with Crippen LogP contribution in [0.4, 0.5) is 5.69 Å². The number of carbonyl (C=O) groups excluding carboxylic acids is 1. The molecule has 1 amide bonds. The van der Waals surface area contributed by atoms with Crippen molar-refractivity contribution >= 4 is 61.5 Å². The number of aromatic nitrogens is 1. The van der Waals surface area contributed by atoms with Crippen molar-refractivity contribution in [3.8, 4) is 10.6 Å². The number of rotatable bonds is 5. The third kappa shape index (κ3) is 5.45. The first-order valence-corrected chi connectivity index (χ1v) is 12.3. The van der Waals surface area contributed by atoms with E-state index in [1.807, 2.05) is 42.5 Å². The predicted octanol–water partition coefficient (Wildman–Crippen LogP) is 5.81. The van der Waals surface area contributed by atoms with E-state index >= 15 is 0 Å². The first-order valence-electron chi connectivity index (χ1n) is 10.7. The third-order valence-electron chi connectivity index (χ3n) is 5.59. The fourth-order valence-electron chi connectivity index (χ4n) is 3.92. The van der Waals surface area contributed by atoms with E-state index in [4.69, 9.17) is 4.98 Å². The molecule has 33 heavy (non-hydrogen) atoms. The summed E-state index contributed by atoms with van der Waals surface area (Å²) in [6, 6.07) is 21.8. The smallest absolute Gasteiger partial charge is 0.256 e. The highest BCUT2D eigenvalue weighted by molar-refractivity contribution is 9.10. The quantitative estimate of drug-likeness (QED) is 0.334. The van der Waals surface area contributed by atoms with Crippen LogP contribution in [0.15, 0.2) is 71.2 Å². The standard InChI is InChI=1S/C25H23BrN4OS.ClH/c26-20-7-3-1-5-18(20)24(31)28-21-8-4-2-6-19(21)25-29-22-10-9-17(15-23(22)32-25)16-30-13-11-27-12-14-30;/h1-10,15,27H,11-14,16H2,(H,28,31);1H. The van der Waals surface area contributed by atoms with Gasteiger partial charge in [-0.3, -0.25) is 9.69 Å². The van der Waals surface area contributed by atoms with Crippen LogP contribution in [0.3, 0.4) is 0 Å². The second-order valence-corrected chi connectivity index (χ2v) is 9.71. The van der Waals surface area contributed by atoms with Crippen LogP contribution in [0.1, 0.15) is 15.9 Å². The molecule has 3 aromatic carbocycles. The molecule has 0 unspecified atom stereocenters. The van der Waals surface area contributed by atoms with E-state index in [9.17, 15) is 4.79 Å². The molecule has 0 radical (unpaired) electrons. The number of piperazine rings is 1. The van der Waals surface area contributed by atoms with Crippen LogP contribution in [0.25, 0.3) is 20.8 Å². The van der Waals surface area contributed by atoms with Crippen LogP contribution in [0.5, 0.6) is 0 Å². The highest BCUT2D eigenvalue weighted by Crippen LogP contribution is 2.35. The maximum Gasteiger partial charge on any atom is 0.256 e. The SMILES string of the molecule is Cl.O=C(Nc1ccccc1-c1nc2ccc(CN3CCNCC3)cc2s1)c1ccccc1Br. The maximum absolute atomic E-state index is 12.9. The number of benzene rings is 3.